The maximum absolute atomic E-state index is 13.8. The number of thiophene rings is 1. The van der Waals surface area contributed by atoms with E-state index < -0.39 is 15.8 Å². The fourth-order valence-corrected chi connectivity index (χ4v) is 5.24. The number of hydrogen-bond acceptors (Lipinski definition) is 4. The van der Waals surface area contributed by atoms with Gasteiger partial charge in [0.1, 0.15) is 10.7 Å². The van der Waals surface area contributed by atoms with E-state index in [9.17, 15) is 17.6 Å². The first-order valence-electron chi connectivity index (χ1n) is 8.53. The zero-order chi connectivity index (χ0) is 18.6. The van der Waals surface area contributed by atoms with Crippen LogP contribution in [-0.2, 0) is 21.2 Å². The van der Waals surface area contributed by atoms with E-state index in [1.54, 1.807) is 16.2 Å². The molecule has 2 heterocycles. The molecule has 0 atom stereocenters. The average molecular weight is 397 g/mol. The van der Waals surface area contributed by atoms with Crippen molar-refractivity contribution in [2.24, 2.45) is 0 Å². The number of halogens is 1. The maximum atomic E-state index is 13.8. The summed E-state index contributed by atoms with van der Waals surface area (Å²) in [7, 11) is -3.87. The van der Waals surface area contributed by atoms with E-state index >= 15 is 0 Å². The molecule has 0 saturated carbocycles. The number of hydrogen-bond donors (Lipinski definition) is 0. The molecule has 5 nitrogen and oxygen atoms in total. The Hall–Kier alpha value is -1.77. The maximum Gasteiger partial charge on any atom is 0.246 e. The first-order valence-corrected chi connectivity index (χ1v) is 10.9. The highest BCUT2D eigenvalue weighted by molar-refractivity contribution is 7.89. The number of aryl methyl sites for hydroxylation is 1. The monoisotopic (exact) mass is 396 g/mol. The largest absolute Gasteiger partial charge is 0.340 e. The summed E-state index contributed by atoms with van der Waals surface area (Å²) in [6.45, 7) is 1.05. The van der Waals surface area contributed by atoms with Crippen molar-refractivity contribution in [2.45, 2.75) is 24.2 Å². The number of benzene rings is 1. The number of carbonyl (C=O) groups excluding carboxylic acids is 1. The zero-order valence-corrected chi connectivity index (χ0v) is 15.9. The van der Waals surface area contributed by atoms with Gasteiger partial charge in [-0.3, -0.25) is 4.79 Å². The Balaban J connectivity index is 1.52. The van der Waals surface area contributed by atoms with Crippen LogP contribution in [0.25, 0.3) is 0 Å². The van der Waals surface area contributed by atoms with Gasteiger partial charge in [0.15, 0.2) is 0 Å². The Bertz CT molecular complexity index is 845. The predicted molar refractivity (Wildman–Crippen MR) is 99.0 cm³/mol. The molecule has 3 rings (SSSR count). The van der Waals surface area contributed by atoms with Crippen LogP contribution < -0.4 is 0 Å². The summed E-state index contributed by atoms with van der Waals surface area (Å²) < 4.78 is 40.2. The second kappa shape index (κ2) is 8.28. The molecular formula is C18H21FN2O3S2. The van der Waals surface area contributed by atoms with Gasteiger partial charge in [0.05, 0.1) is 0 Å². The molecule has 1 aliphatic heterocycles. The van der Waals surface area contributed by atoms with E-state index in [0.29, 0.717) is 19.5 Å². The van der Waals surface area contributed by atoms with Crippen molar-refractivity contribution >= 4 is 27.3 Å². The molecule has 0 unspecified atom stereocenters. The molecule has 1 amide bonds. The Morgan fingerprint density at radius 2 is 1.81 bits per heavy atom. The third-order valence-corrected chi connectivity index (χ3v) is 7.31. The summed E-state index contributed by atoms with van der Waals surface area (Å²) in [6.07, 6.45) is 2.12. The number of piperazine rings is 1. The topological polar surface area (TPSA) is 57.7 Å². The minimum Gasteiger partial charge on any atom is -0.340 e. The lowest BCUT2D eigenvalue weighted by Crippen LogP contribution is -2.50. The number of rotatable bonds is 6. The fourth-order valence-electron chi connectivity index (χ4n) is 3.00. The van der Waals surface area contributed by atoms with Gasteiger partial charge in [-0.2, -0.15) is 4.31 Å². The molecular weight excluding hydrogens is 375 g/mol. The van der Waals surface area contributed by atoms with Crippen LogP contribution in [0.1, 0.15) is 17.7 Å². The number of amides is 1. The smallest absolute Gasteiger partial charge is 0.246 e. The minimum atomic E-state index is -3.87. The van der Waals surface area contributed by atoms with Gasteiger partial charge < -0.3 is 4.90 Å². The predicted octanol–water partition coefficient (Wildman–Crippen LogP) is 2.74. The molecule has 140 valence electrons. The molecule has 1 aliphatic rings. The fraction of sp³-hybridized carbons (Fsp3) is 0.389. The lowest BCUT2D eigenvalue weighted by atomic mass is 10.2. The second-order valence-electron chi connectivity index (χ2n) is 6.15. The first-order chi connectivity index (χ1) is 12.5. The molecule has 0 N–H and O–H groups in total. The van der Waals surface area contributed by atoms with Gasteiger partial charge in [-0.1, -0.05) is 18.2 Å². The summed E-state index contributed by atoms with van der Waals surface area (Å²) in [6, 6.07) is 9.43. The Kier molecular flexibility index (Phi) is 6.05. The Labute approximate surface area is 157 Å². The standard InChI is InChI=1S/C18H21FN2O3S2/c19-16-7-1-2-8-17(16)26(23,24)21-12-10-20(11-13-21)18(22)9-3-5-15-6-4-14-25-15/h1-2,4,6-8,14H,3,5,9-13H2. The van der Waals surface area contributed by atoms with Crippen LogP contribution in [-0.4, -0.2) is 49.7 Å². The summed E-state index contributed by atoms with van der Waals surface area (Å²) >= 11 is 1.68. The van der Waals surface area contributed by atoms with Crippen molar-refractivity contribution in [1.29, 1.82) is 0 Å². The summed E-state index contributed by atoms with van der Waals surface area (Å²) in [5.74, 6) is -0.705. The average Bonchev–Trinajstić information content (AvgIpc) is 3.15. The minimum absolute atomic E-state index is 0.0458. The molecule has 1 saturated heterocycles. The van der Waals surface area contributed by atoms with Gasteiger partial charge in [0, 0.05) is 37.5 Å². The van der Waals surface area contributed by atoms with Gasteiger partial charge in [-0.25, -0.2) is 12.8 Å². The molecule has 1 aromatic heterocycles. The zero-order valence-electron chi connectivity index (χ0n) is 14.3. The lowest BCUT2D eigenvalue weighted by Gasteiger charge is -2.34. The van der Waals surface area contributed by atoms with Crippen LogP contribution in [0.4, 0.5) is 4.39 Å². The van der Waals surface area contributed by atoms with Crippen LogP contribution in [0, 0.1) is 5.82 Å². The van der Waals surface area contributed by atoms with Crippen molar-refractivity contribution in [3.05, 3.63) is 52.5 Å². The van der Waals surface area contributed by atoms with Crippen LogP contribution in [0.15, 0.2) is 46.7 Å². The number of sulfonamides is 1. The van der Waals surface area contributed by atoms with Gasteiger partial charge in [0.2, 0.25) is 15.9 Å². The highest BCUT2D eigenvalue weighted by Crippen LogP contribution is 2.21. The van der Waals surface area contributed by atoms with Crippen molar-refractivity contribution in [3.8, 4) is 0 Å². The SMILES string of the molecule is O=C(CCCc1cccs1)N1CCN(S(=O)(=O)c2ccccc2F)CC1. The van der Waals surface area contributed by atoms with Gasteiger partial charge >= 0.3 is 0 Å². The van der Waals surface area contributed by atoms with Crippen LogP contribution in [0.3, 0.4) is 0 Å². The molecule has 0 bridgehead atoms. The first kappa shape index (κ1) is 19.0. The molecule has 1 fully saturated rings. The summed E-state index contributed by atoms with van der Waals surface area (Å²) in [5, 5.41) is 2.02. The Morgan fingerprint density at radius 1 is 1.08 bits per heavy atom. The molecule has 1 aromatic carbocycles. The molecule has 0 aliphatic carbocycles. The number of carbonyl (C=O) groups is 1. The molecule has 8 heteroatoms. The molecule has 2 aromatic rings. The summed E-state index contributed by atoms with van der Waals surface area (Å²) in [5.41, 5.74) is 0. The van der Waals surface area contributed by atoms with Crippen molar-refractivity contribution in [1.82, 2.24) is 9.21 Å². The number of nitrogens with zero attached hydrogens (tertiary/aromatic N) is 2. The van der Waals surface area contributed by atoms with E-state index in [-0.39, 0.29) is 23.9 Å². The van der Waals surface area contributed by atoms with Gasteiger partial charge in [-0.05, 0) is 36.4 Å². The van der Waals surface area contributed by atoms with E-state index in [2.05, 4.69) is 6.07 Å². The third-order valence-electron chi connectivity index (χ3n) is 4.44. The Morgan fingerprint density at radius 3 is 2.46 bits per heavy atom. The molecule has 0 radical (unpaired) electrons. The molecule has 26 heavy (non-hydrogen) atoms. The lowest BCUT2D eigenvalue weighted by molar-refractivity contribution is -0.132. The van der Waals surface area contributed by atoms with Crippen molar-refractivity contribution < 1.29 is 17.6 Å². The van der Waals surface area contributed by atoms with E-state index in [0.717, 1.165) is 18.9 Å². The summed E-state index contributed by atoms with van der Waals surface area (Å²) in [4.78, 5) is 15.0. The van der Waals surface area contributed by atoms with Crippen LogP contribution in [0.2, 0.25) is 0 Å². The van der Waals surface area contributed by atoms with Gasteiger partial charge in [0.25, 0.3) is 0 Å². The van der Waals surface area contributed by atoms with Crippen molar-refractivity contribution in [2.75, 3.05) is 26.2 Å². The van der Waals surface area contributed by atoms with Crippen LogP contribution >= 0.6 is 11.3 Å². The third kappa shape index (κ3) is 4.31. The normalized spacial score (nSPS) is 16.0. The molecule has 0 spiro atoms. The van der Waals surface area contributed by atoms with Crippen molar-refractivity contribution in [3.63, 3.8) is 0 Å². The van der Waals surface area contributed by atoms with E-state index in [4.69, 9.17) is 0 Å². The second-order valence-corrected chi connectivity index (χ2v) is 9.09. The highest BCUT2D eigenvalue weighted by Gasteiger charge is 2.31. The highest BCUT2D eigenvalue weighted by atomic mass is 32.2. The van der Waals surface area contributed by atoms with Gasteiger partial charge in [-0.15, -0.1) is 11.3 Å². The quantitative estimate of drug-likeness (QED) is 0.754. The van der Waals surface area contributed by atoms with E-state index in [1.165, 1.54) is 27.4 Å². The van der Waals surface area contributed by atoms with E-state index in [1.807, 2.05) is 11.4 Å². The van der Waals surface area contributed by atoms with Crippen LogP contribution in [0.5, 0.6) is 0 Å².